The van der Waals surface area contributed by atoms with E-state index in [9.17, 15) is 4.79 Å². The Morgan fingerprint density at radius 3 is 3.10 bits per heavy atom. The third-order valence-electron chi connectivity index (χ3n) is 3.89. The van der Waals surface area contributed by atoms with E-state index in [1.165, 1.54) is 5.56 Å². The van der Waals surface area contributed by atoms with Crippen molar-refractivity contribution in [1.29, 1.82) is 0 Å². The SMILES string of the molecule is COCOc1cccc(CCC2C/C=C\C(=O)CCC2)c1. The van der Waals surface area contributed by atoms with E-state index in [0.29, 0.717) is 12.3 Å². The summed E-state index contributed by atoms with van der Waals surface area (Å²) in [5, 5.41) is 0. The van der Waals surface area contributed by atoms with Gasteiger partial charge in [-0.1, -0.05) is 18.2 Å². The topological polar surface area (TPSA) is 35.5 Å². The van der Waals surface area contributed by atoms with Crippen molar-refractivity contribution in [3.05, 3.63) is 42.0 Å². The van der Waals surface area contributed by atoms with Gasteiger partial charge in [0.05, 0.1) is 0 Å². The van der Waals surface area contributed by atoms with Crippen LogP contribution in [0, 0.1) is 5.92 Å². The summed E-state index contributed by atoms with van der Waals surface area (Å²) in [6, 6.07) is 8.20. The maximum atomic E-state index is 11.3. The van der Waals surface area contributed by atoms with Gasteiger partial charge in [-0.3, -0.25) is 4.79 Å². The number of allylic oxidation sites excluding steroid dienone is 2. The number of hydrogen-bond donors (Lipinski definition) is 0. The molecule has 2 rings (SSSR count). The summed E-state index contributed by atoms with van der Waals surface area (Å²) in [5.41, 5.74) is 1.30. The fraction of sp³-hybridized carbons (Fsp3) is 0.500. The molecule has 1 aliphatic rings. The highest BCUT2D eigenvalue weighted by atomic mass is 16.7. The van der Waals surface area contributed by atoms with E-state index in [1.807, 2.05) is 18.2 Å². The zero-order valence-corrected chi connectivity index (χ0v) is 12.7. The standard InChI is InChI=1S/C18H24O3/c1-20-14-21-18-10-4-7-16(13-18)12-11-15-5-2-8-17(19)9-3-6-15/h2,4,7-8,10,13,15H,3,5-6,9,11-12,14H2,1H3/b8-2-. The average molecular weight is 288 g/mol. The third-order valence-corrected chi connectivity index (χ3v) is 3.89. The highest BCUT2D eigenvalue weighted by molar-refractivity contribution is 5.89. The fourth-order valence-corrected chi connectivity index (χ4v) is 2.71. The maximum absolute atomic E-state index is 11.3. The molecule has 1 aliphatic carbocycles. The molecule has 0 aliphatic heterocycles. The Kier molecular flexibility index (Phi) is 6.48. The van der Waals surface area contributed by atoms with Gasteiger partial charge < -0.3 is 9.47 Å². The predicted octanol–water partition coefficient (Wildman–Crippen LogP) is 3.92. The minimum atomic E-state index is 0.274. The highest BCUT2D eigenvalue weighted by Gasteiger charge is 2.11. The summed E-state index contributed by atoms with van der Waals surface area (Å²) in [5.74, 6) is 1.81. The number of carbonyl (C=O) groups excluding carboxylic acids is 1. The van der Waals surface area contributed by atoms with Gasteiger partial charge in [-0.2, -0.15) is 0 Å². The zero-order valence-electron chi connectivity index (χ0n) is 12.7. The Balaban J connectivity index is 1.84. The summed E-state index contributed by atoms with van der Waals surface area (Å²) in [6.45, 7) is 0.283. The van der Waals surface area contributed by atoms with Gasteiger partial charge in [-0.25, -0.2) is 0 Å². The van der Waals surface area contributed by atoms with Gasteiger partial charge in [-0.05, 0) is 61.8 Å². The fourth-order valence-electron chi connectivity index (χ4n) is 2.71. The minimum absolute atomic E-state index is 0.274. The molecule has 1 aromatic rings. The van der Waals surface area contributed by atoms with Crippen molar-refractivity contribution in [2.75, 3.05) is 13.9 Å². The van der Waals surface area contributed by atoms with Gasteiger partial charge >= 0.3 is 0 Å². The van der Waals surface area contributed by atoms with E-state index in [4.69, 9.17) is 9.47 Å². The van der Waals surface area contributed by atoms with Crippen LogP contribution in [0.1, 0.15) is 37.7 Å². The number of rotatable bonds is 6. The van der Waals surface area contributed by atoms with Gasteiger partial charge in [0.15, 0.2) is 12.6 Å². The van der Waals surface area contributed by atoms with Crippen molar-refractivity contribution in [2.45, 2.75) is 38.5 Å². The molecule has 0 saturated carbocycles. The molecule has 3 heteroatoms. The van der Waals surface area contributed by atoms with Crippen molar-refractivity contribution in [2.24, 2.45) is 5.92 Å². The first-order valence-electron chi connectivity index (χ1n) is 7.68. The van der Waals surface area contributed by atoms with E-state index in [-0.39, 0.29) is 12.6 Å². The van der Waals surface area contributed by atoms with E-state index in [1.54, 1.807) is 13.2 Å². The summed E-state index contributed by atoms with van der Waals surface area (Å²) in [7, 11) is 1.62. The number of hydrogen-bond acceptors (Lipinski definition) is 3. The van der Waals surface area contributed by atoms with Crippen molar-refractivity contribution >= 4 is 5.78 Å². The normalized spacial score (nSPS) is 20.6. The molecule has 0 fully saturated rings. The molecule has 3 nitrogen and oxygen atoms in total. The van der Waals surface area contributed by atoms with Crippen LogP contribution in [0.3, 0.4) is 0 Å². The number of ketones is 1. The third kappa shape index (κ3) is 5.72. The molecule has 0 heterocycles. The second-order valence-corrected chi connectivity index (χ2v) is 5.60. The molecular weight excluding hydrogens is 264 g/mol. The van der Waals surface area contributed by atoms with Crippen LogP contribution in [0.25, 0.3) is 0 Å². The molecule has 0 saturated heterocycles. The smallest absolute Gasteiger partial charge is 0.188 e. The first-order valence-corrected chi connectivity index (χ1v) is 7.68. The van der Waals surface area contributed by atoms with Crippen LogP contribution in [-0.4, -0.2) is 19.7 Å². The first kappa shape index (κ1) is 15.8. The van der Waals surface area contributed by atoms with Crippen molar-refractivity contribution < 1.29 is 14.3 Å². The van der Waals surface area contributed by atoms with Gasteiger partial charge in [0.2, 0.25) is 0 Å². The Labute approximate surface area is 127 Å². The molecule has 1 unspecified atom stereocenters. The molecule has 0 spiro atoms. The van der Waals surface area contributed by atoms with E-state index in [0.717, 1.165) is 37.9 Å². The van der Waals surface area contributed by atoms with Crippen LogP contribution in [0.2, 0.25) is 0 Å². The number of methoxy groups -OCH3 is 1. The van der Waals surface area contributed by atoms with Crippen LogP contribution in [-0.2, 0) is 16.0 Å². The van der Waals surface area contributed by atoms with Gasteiger partial charge in [-0.15, -0.1) is 0 Å². The van der Waals surface area contributed by atoms with Gasteiger partial charge in [0.25, 0.3) is 0 Å². The minimum Gasteiger partial charge on any atom is -0.468 e. The summed E-state index contributed by atoms with van der Waals surface area (Å²) in [4.78, 5) is 11.3. The molecule has 21 heavy (non-hydrogen) atoms. The lowest BCUT2D eigenvalue weighted by atomic mass is 9.89. The van der Waals surface area contributed by atoms with Crippen LogP contribution in [0.5, 0.6) is 5.75 Å². The quantitative estimate of drug-likeness (QED) is 0.744. The first-order chi connectivity index (χ1) is 10.3. The van der Waals surface area contributed by atoms with Gasteiger partial charge in [0, 0.05) is 13.5 Å². The van der Waals surface area contributed by atoms with Gasteiger partial charge in [0.1, 0.15) is 5.75 Å². The highest BCUT2D eigenvalue weighted by Crippen LogP contribution is 2.23. The molecule has 0 bridgehead atoms. The lowest BCUT2D eigenvalue weighted by molar-refractivity contribution is -0.114. The van der Waals surface area contributed by atoms with Crippen LogP contribution in [0.15, 0.2) is 36.4 Å². The summed E-state index contributed by atoms with van der Waals surface area (Å²) >= 11 is 0. The summed E-state index contributed by atoms with van der Waals surface area (Å²) < 4.78 is 10.4. The van der Waals surface area contributed by atoms with Crippen LogP contribution >= 0.6 is 0 Å². The lowest BCUT2D eigenvalue weighted by Gasteiger charge is -2.16. The largest absolute Gasteiger partial charge is 0.468 e. The molecule has 1 aromatic carbocycles. The molecule has 0 radical (unpaired) electrons. The molecule has 0 amide bonds. The van der Waals surface area contributed by atoms with E-state index in [2.05, 4.69) is 12.1 Å². The second kappa shape index (κ2) is 8.63. The van der Waals surface area contributed by atoms with E-state index >= 15 is 0 Å². The van der Waals surface area contributed by atoms with Crippen molar-refractivity contribution in [3.63, 3.8) is 0 Å². The van der Waals surface area contributed by atoms with E-state index < -0.39 is 0 Å². The number of benzene rings is 1. The Morgan fingerprint density at radius 2 is 2.24 bits per heavy atom. The Morgan fingerprint density at radius 1 is 1.33 bits per heavy atom. The predicted molar refractivity (Wildman–Crippen MR) is 83.4 cm³/mol. The molecular formula is C18H24O3. The van der Waals surface area contributed by atoms with Crippen LogP contribution < -0.4 is 4.74 Å². The number of carbonyl (C=O) groups is 1. The molecule has 1 atom stereocenters. The van der Waals surface area contributed by atoms with Crippen molar-refractivity contribution in [3.8, 4) is 5.75 Å². The lowest BCUT2D eigenvalue weighted by Crippen LogP contribution is -2.06. The maximum Gasteiger partial charge on any atom is 0.188 e. The molecule has 0 N–H and O–H groups in total. The molecule has 114 valence electrons. The summed E-state index contributed by atoms with van der Waals surface area (Å²) in [6.07, 6.45) is 9.90. The Hall–Kier alpha value is -1.61. The number of aryl methyl sites for hydroxylation is 1. The number of ether oxygens (including phenoxy) is 2. The second-order valence-electron chi connectivity index (χ2n) is 5.60. The average Bonchev–Trinajstić information content (AvgIpc) is 2.48. The van der Waals surface area contributed by atoms with Crippen molar-refractivity contribution in [1.82, 2.24) is 0 Å². The monoisotopic (exact) mass is 288 g/mol. The van der Waals surface area contributed by atoms with Crippen LogP contribution in [0.4, 0.5) is 0 Å². The molecule has 0 aromatic heterocycles. The zero-order chi connectivity index (χ0) is 14.9. The Bertz CT molecular complexity index is 479.